The van der Waals surface area contributed by atoms with E-state index in [0.717, 1.165) is 37.7 Å². The summed E-state index contributed by atoms with van der Waals surface area (Å²) < 4.78 is 2.24. The van der Waals surface area contributed by atoms with Gasteiger partial charge in [-0.1, -0.05) is 0 Å². The summed E-state index contributed by atoms with van der Waals surface area (Å²) in [6.07, 6.45) is 4.20. The third kappa shape index (κ3) is 4.16. The Morgan fingerprint density at radius 1 is 1.27 bits per heavy atom. The lowest BCUT2D eigenvalue weighted by Crippen LogP contribution is -2.38. The summed E-state index contributed by atoms with van der Waals surface area (Å²) in [4.78, 5) is 15.4. The van der Waals surface area contributed by atoms with E-state index in [-0.39, 0.29) is 12.1 Å². The van der Waals surface area contributed by atoms with Crippen LogP contribution in [0, 0.1) is 0 Å². The Hall–Kier alpha value is -2.12. The molecule has 0 bridgehead atoms. The van der Waals surface area contributed by atoms with E-state index < -0.39 is 0 Å². The van der Waals surface area contributed by atoms with Crippen LogP contribution in [0.15, 0.2) is 30.7 Å². The fourth-order valence-corrected chi connectivity index (χ4v) is 3.70. The summed E-state index contributed by atoms with van der Waals surface area (Å²) in [6, 6.07) is 6.52. The van der Waals surface area contributed by atoms with Crippen molar-refractivity contribution < 1.29 is 5.11 Å². The molecule has 1 fully saturated rings. The number of aliphatic hydroxyl groups is 1. The van der Waals surface area contributed by atoms with Crippen molar-refractivity contribution in [3.63, 3.8) is 0 Å². The minimum atomic E-state index is -0.302. The summed E-state index contributed by atoms with van der Waals surface area (Å²) in [6.45, 7) is 5.42. The normalized spacial score (nSPS) is 20.2. The molecule has 1 aliphatic rings. The van der Waals surface area contributed by atoms with E-state index in [9.17, 15) is 5.11 Å². The van der Waals surface area contributed by atoms with Gasteiger partial charge in [0.05, 0.1) is 12.6 Å². The molecule has 1 N–H and O–H groups in total. The van der Waals surface area contributed by atoms with Crippen molar-refractivity contribution in [3.8, 4) is 0 Å². The van der Waals surface area contributed by atoms with Gasteiger partial charge in [0.25, 0.3) is 0 Å². The number of hydrogen-bond donors (Lipinski definition) is 1. The summed E-state index contributed by atoms with van der Waals surface area (Å²) >= 11 is 0. The van der Waals surface area contributed by atoms with Crippen LogP contribution in [-0.2, 0) is 13.1 Å². The molecule has 7 heteroatoms. The van der Waals surface area contributed by atoms with E-state index in [1.807, 2.05) is 6.07 Å². The monoisotopic (exact) mass is 358 g/mol. The zero-order valence-electron chi connectivity index (χ0n) is 16.2. The van der Waals surface area contributed by atoms with Crippen LogP contribution in [0.25, 0.3) is 0 Å². The van der Waals surface area contributed by atoms with Crippen LogP contribution in [0.2, 0.25) is 0 Å². The molecule has 0 saturated carbocycles. The Bertz CT molecular complexity index is 716. The Kier molecular flexibility index (Phi) is 5.78. The molecular formula is C19H30N6O. The molecular weight excluding hydrogens is 328 g/mol. The second-order valence-electron chi connectivity index (χ2n) is 7.33. The van der Waals surface area contributed by atoms with E-state index in [1.165, 1.54) is 5.69 Å². The number of anilines is 2. The summed E-state index contributed by atoms with van der Waals surface area (Å²) in [5.74, 6) is 1.78. The molecule has 2 aromatic heterocycles. The molecule has 0 amide bonds. The first kappa shape index (κ1) is 18.7. The van der Waals surface area contributed by atoms with Gasteiger partial charge in [-0.2, -0.15) is 0 Å². The number of hydrogen-bond acceptors (Lipinski definition) is 6. The van der Waals surface area contributed by atoms with Gasteiger partial charge >= 0.3 is 0 Å². The molecule has 26 heavy (non-hydrogen) atoms. The van der Waals surface area contributed by atoms with E-state index in [4.69, 9.17) is 0 Å². The Morgan fingerprint density at radius 3 is 2.81 bits per heavy atom. The average Bonchev–Trinajstić information content (AvgIpc) is 3.20. The van der Waals surface area contributed by atoms with Gasteiger partial charge in [0.1, 0.15) is 18.0 Å². The molecule has 1 saturated heterocycles. The van der Waals surface area contributed by atoms with E-state index in [1.54, 1.807) is 6.33 Å². The van der Waals surface area contributed by atoms with Crippen molar-refractivity contribution in [2.24, 2.45) is 0 Å². The van der Waals surface area contributed by atoms with Crippen molar-refractivity contribution in [1.29, 1.82) is 0 Å². The third-order valence-electron chi connectivity index (χ3n) is 4.96. The SMILES string of the molecule is CCn1cccc1CN(C)c1cc(N2C[C@H](O)C[C@@H]2CN(C)C)ncn1. The molecule has 7 nitrogen and oxygen atoms in total. The zero-order chi connectivity index (χ0) is 18.7. The predicted octanol–water partition coefficient (Wildman–Crippen LogP) is 1.44. The summed E-state index contributed by atoms with van der Waals surface area (Å²) in [7, 11) is 6.17. The second kappa shape index (κ2) is 8.05. The molecule has 0 spiro atoms. The standard InChI is InChI=1S/C19H30N6O/c1-5-24-8-6-7-15(24)12-23(4)18-10-19(21-14-20-18)25-13-17(26)9-16(25)11-22(2)3/h6-8,10,14,16-17,26H,5,9,11-13H2,1-4H3/t16-,17-/m1/s1. The molecule has 3 rings (SSSR count). The first-order chi connectivity index (χ1) is 12.5. The number of aromatic nitrogens is 3. The van der Waals surface area contributed by atoms with E-state index in [0.29, 0.717) is 6.54 Å². The van der Waals surface area contributed by atoms with Crippen molar-refractivity contribution in [2.45, 2.75) is 38.6 Å². The average molecular weight is 358 g/mol. The second-order valence-corrected chi connectivity index (χ2v) is 7.33. The quantitative estimate of drug-likeness (QED) is 0.808. The Labute approximate surface area is 155 Å². The maximum atomic E-state index is 10.1. The van der Waals surface area contributed by atoms with Gasteiger partial charge in [-0.15, -0.1) is 0 Å². The van der Waals surface area contributed by atoms with Gasteiger partial charge in [-0.3, -0.25) is 0 Å². The van der Waals surface area contributed by atoms with Crippen LogP contribution in [0.4, 0.5) is 11.6 Å². The van der Waals surface area contributed by atoms with Gasteiger partial charge in [0.2, 0.25) is 0 Å². The zero-order valence-corrected chi connectivity index (χ0v) is 16.2. The molecule has 0 aromatic carbocycles. The van der Waals surface area contributed by atoms with Crippen LogP contribution >= 0.6 is 0 Å². The van der Waals surface area contributed by atoms with Crippen molar-refractivity contribution in [2.75, 3.05) is 44.0 Å². The number of rotatable bonds is 7. The number of aliphatic hydroxyl groups excluding tert-OH is 1. The molecule has 0 aliphatic carbocycles. The largest absolute Gasteiger partial charge is 0.391 e. The number of likely N-dealkylation sites (N-methyl/N-ethyl adjacent to an activating group) is 1. The summed E-state index contributed by atoms with van der Waals surface area (Å²) in [5, 5.41) is 10.1. The molecule has 142 valence electrons. The van der Waals surface area contributed by atoms with Gasteiger partial charge in [0, 0.05) is 50.7 Å². The fourth-order valence-electron chi connectivity index (χ4n) is 3.70. The Morgan fingerprint density at radius 2 is 2.08 bits per heavy atom. The van der Waals surface area contributed by atoms with E-state index >= 15 is 0 Å². The van der Waals surface area contributed by atoms with Crippen LogP contribution in [0.1, 0.15) is 19.0 Å². The minimum Gasteiger partial charge on any atom is -0.391 e. The molecule has 1 aliphatic heterocycles. The Balaban J connectivity index is 1.77. The lowest BCUT2D eigenvalue weighted by molar-refractivity contribution is 0.191. The lowest BCUT2D eigenvalue weighted by Gasteiger charge is -2.28. The highest BCUT2D eigenvalue weighted by Gasteiger charge is 2.32. The third-order valence-corrected chi connectivity index (χ3v) is 4.96. The van der Waals surface area contributed by atoms with Crippen LogP contribution < -0.4 is 9.80 Å². The van der Waals surface area contributed by atoms with Crippen molar-refractivity contribution in [3.05, 3.63) is 36.4 Å². The highest BCUT2D eigenvalue weighted by Crippen LogP contribution is 2.26. The number of nitrogens with zero attached hydrogens (tertiary/aromatic N) is 6. The van der Waals surface area contributed by atoms with Crippen LogP contribution in [0.3, 0.4) is 0 Å². The molecule has 2 atom stereocenters. The van der Waals surface area contributed by atoms with E-state index in [2.05, 4.69) is 75.6 Å². The van der Waals surface area contributed by atoms with Crippen LogP contribution in [-0.4, -0.2) is 70.9 Å². The highest BCUT2D eigenvalue weighted by atomic mass is 16.3. The van der Waals surface area contributed by atoms with Gasteiger partial charge < -0.3 is 24.4 Å². The molecule has 2 aromatic rings. The maximum absolute atomic E-state index is 10.1. The topological polar surface area (TPSA) is 60.7 Å². The highest BCUT2D eigenvalue weighted by molar-refractivity contribution is 5.51. The minimum absolute atomic E-state index is 0.269. The number of aryl methyl sites for hydroxylation is 1. The molecule has 0 unspecified atom stereocenters. The van der Waals surface area contributed by atoms with Crippen molar-refractivity contribution >= 4 is 11.6 Å². The fraction of sp³-hybridized carbons (Fsp3) is 0.579. The van der Waals surface area contributed by atoms with Crippen molar-refractivity contribution in [1.82, 2.24) is 19.4 Å². The molecule has 0 radical (unpaired) electrons. The lowest BCUT2D eigenvalue weighted by atomic mass is 10.2. The predicted molar refractivity (Wildman–Crippen MR) is 105 cm³/mol. The first-order valence-corrected chi connectivity index (χ1v) is 9.24. The molecule has 3 heterocycles. The van der Waals surface area contributed by atoms with Gasteiger partial charge in [-0.25, -0.2) is 9.97 Å². The van der Waals surface area contributed by atoms with Gasteiger partial charge in [-0.05, 0) is 39.6 Å². The number of β-amino-alcohol motifs (C(OH)–C–C–N with tert-alkyl or cyclic N) is 1. The summed E-state index contributed by atoms with van der Waals surface area (Å²) in [5.41, 5.74) is 1.26. The maximum Gasteiger partial charge on any atom is 0.134 e. The van der Waals surface area contributed by atoms with Crippen LogP contribution in [0.5, 0.6) is 0 Å². The smallest absolute Gasteiger partial charge is 0.134 e. The van der Waals surface area contributed by atoms with Gasteiger partial charge in [0.15, 0.2) is 0 Å². The first-order valence-electron chi connectivity index (χ1n) is 9.24.